The van der Waals surface area contributed by atoms with Crippen molar-refractivity contribution in [2.45, 2.75) is 13.5 Å². The van der Waals surface area contributed by atoms with Crippen molar-refractivity contribution in [3.8, 4) is 0 Å². The van der Waals surface area contributed by atoms with E-state index in [0.717, 1.165) is 22.3 Å². The highest BCUT2D eigenvalue weighted by Crippen LogP contribution is 2.25. The molecule has 0 unspecified atom stereocenters. The molecule has 0 saturated carbocycles. The number of anilines is 3. The molecule has 27 heavy (non-hydrogen) atoms. The Morgan fingerprint density at radius 3 is 2.74 bits per heavy atom. The van der Waals surface area contributed by atoms with Crippen LogP contribution in [0.25, 0.3) is 11.0 Å². The summed E-state index contributed by atoms with van der Waals surface area (Å²) in [6.07, 6.45) is 1.77. The van der Waals surface area contributed by atoms with Crippen LogP contribution >= 0.6 is 11.6 Å². The summed E-state index contributed by atoms with van der Waals surface area (Å²) in [7, 11) is 1.86. The zero-order valence-corrected chi connectivity index (χ0v) is 15.8. The van der Waals surface area contributed by atoms with Crippen LogP contribution in [0.4, 0.5) is 17.5 Å². The Morgan fingerprint density at radius 1 is 1.07 bits per heavy atom. The van der Waals surface area contributed by atoms with Gasteiger partial charge in [0.2, 0.25) is 5.95 Å². The van der Waals surface area contributed by atoms with Gasteiger partial charge in [0.25, 0.3) is 0 Å². The van der Waals surface area contributed by atoms with Gasteiger partial charge in [0.05, 0.1) is 11.6 Å². The normalized spacial score (nSPS) is 10.9. The zero-order valence-electron chi connectivity index (χ0n) is 15.1. The van der Waals surface area contributed by atoms with Crippen LogP contribution in [-0.2, 0) is 13.6 Å². The SMILES string of the molecule is Cc1cccc(Nc2nc(NCc3ccccc3Cl)nc3c2cnn3C)c1. The standard InChI is InChI=1S/C20H19ClN6/c1-13-6-5-8-15(10-13)24-18-16-12-23-27(2)19(16)26-20(25-18)22-11-14-7-3-4-9-17(14)21/h3-10,12H,11H2,1-2H3,(H2,22,24,25,26). The number of hydrogen-bond acceptors (Lipinski definition) is 5. The van der Waals surface area contributed by atoms with E-state index in [2.05, 4.69) is 44.8 Å². The molecule has 0 atom stereocenters. The van der Waals surface area contributed by atoms with Crippen molar-refractivity contribution in [3.05, 3.63) is 70.9 Å². The third-order valence-electron chi connectivity index (χ3n) is 4.27. The summed E-state index contributed by atoms with van der Waals surface area (Å²) in [5, 5.41) is 12.5. The number of rotatable bonds is 5. The molecule has 4 aromatic rings. The lowest BCUT2D eigenvalue weighted by atomic mass is 10.2. The second-order valence-corrected chi connectivity index (χ2v) is 6.75. The fourth-order valence-electron chi connectivity index (χ4n) is 2.87. The van der Waals surface area contributed by atoms with Crippen molar-refractivity contribution < 1.29 is 0 Å². The molecular formula is C20H19ClN6. The van der Waals surface area contributed by atoms with E-state index in [9.17, 15) is 0 Å². The van der Waals surface area contributed by atoms with E-state index in [-0.39, 0.29) is 0 Å². The molecule has 0 saturated heterocycles. The first-order chi connectivity index (χ1) is 13.1. The monoisotopic (exact) mass is 378 g/mol. The smallest absolute Gasteiger partial charge is 0.227 e. The molecule has 7 heteroatoms. The fourth-order valence-corrected chi connectivity index (χ4v) is 3.07. The largest absolute Gasteiger partial charge is 0.350 e. The van der Waals surface area contributed by atoms with Crippen LogP contribution < -0.4 is 10.6 Å². The van der Waals surface area contributed by atoms with Gasteiger partial charge in [0, 0.05) is 24.3 Å². The molecule has 0 bridgehead atoms. The van der Waals surface area contributed by atoms with E-state index < -0.39 is 0 Å². The molecular weight excluding hydrogens is 360 g/mol. The molecule has 136 valence electrons. The van der Waals surface area contributed by atoms with Gasteiger partial charge in [-0.2, -0.15) is 15.1 Å². The van der Waals surface area contributed by atoms with Gasteiger partial charge in [-0.3, -0.25) is 4.68 Å². The van der Waals surface area contributed by atoms with Gasteiger partial charge in [-0.25, -0.2) is 0 Å². The minimum Gasteiger partial charge on any atom is -0.350 e. The number of hydrogen-bond donors (Lipinski definition) is 2. The molecule has 0 fully saturated rings. The molecule has 0 radical (unpaired) electrons. The van der Waals surface area contributed by atoms with Gasteiger partial charge < -0.3 is 10.6 Å². The Balaban J connectivity index is 1.67. The van der Waals surface area contributed by atoms with Crippen molar-refractivity contribution in [1.29, 1.82) is 0 Å². The van der Waals surface area contributed by atoms with E-state index in [1.165, 1.54) is 5.56 Å². The lowest BCUT2D eigenvalue weighted by molar-refractivity contribution is 0.785. The summed E-state index contributed by atoms with van der Waals surface area (Å²) >= 11 is 6.24. The number of benzene rings is 2. The molecule has 4 rings (SSSR count). The average Bonchev–Trinajstić information content (AvgIpc) is 3.02. The fraction of sp³-hybridized carbons (Fsp3) is 0.150. The summed E-state index contributed by atoms with van der Waals surface area (Å²) in [6, 6.07) is 15.9. The van der Waals surface area contributed by atoms with Crippen molar-refractivity contribution in [2.75, 3.05) is 10.6 Å². The summed E-state index contributed by atoms with van der Waals surface area (Å²) in [4.78, 5) is 9.25. The van der Waals surface area contributed by atoms with Crippen LogP contribution in [0.2, 0.25) is 5.02 Å². The van der Waals surface area contributed by atoms with Crippen molar-refractivity contribution in [1.82, 2.24) is 19.7 Å². The van der Waals surface area contributed by atoms with Gasteiger partial charge in [-0.1, -0.05) is 41.9 Å². The lowest BCUT2D eigenvalue weighted by Gasteiger charge is -2.11. The molecule has 2 aromatic heterocycles. The molecule has 6 nitrogen and oxygen atoms in total. The first-order valence-corrected chi connectivity index (χ1v) is 8.98. The molecule has 2 aromatic carbocycles. The molecule has 2 heterocycles. The predicted octanol–water partition coefficient (Wildman–Crippen LogP) is 4.68. The number of nitrogens with zero attached hydrogens (tertiary/aromatic N) is 4. The first kappa shape index (κ1) is 17.3. The van der Waals surface area contributed by atoms with Gasteiger partial charge >= 0.3 is 0 Å². The number of nitrogens with one attached hydrogen (secondary N) is 2. The van der Waals surface area contributed by atoms with Crippen molar-refractivity contribution >= 4 is 40.1 Å². The van der Waals surface area contributed by atoms with E-state index in [0.29, 0.717) is 23.3 Å². The van der Waals surface area contributed by atoms with Gasteiger partial charge in [0.1, 0.15) is 5.82 Å². The number of aryl methyl sites for hydroxylation is 2. The maximum Gasteiger partial charge on any atom is 0.227 e. The summed E-state index contributed by atoms with van der Waals surface area (Å²) in [5.41, 5.74) is 3.88. The highest BCUT2D eigenvalue weighted by molar-refractivity contribution is 6.31. The van der Waals surface area contributed by atoms with Gasteiger partial charge in [-0.15, -0.1) is 0 Å². The van der Waals surface area contributed by atoms with Crippen LogP contribution in [0.3, 0.4) is 0 Å². The van der Waals surface area contributed by atoms with Crippen LogP contribution in [-0.4, -0.2) is 19.7 Å². The first-order valence-electron chi connectivity index (χ1n) is 8.61. The molecule has 0 amide bonds. The van der Waals surface area contributed by atoms with Crippen LogP contribution in [0.5, 0.6) is 0 Å². The van der Waals surface area contributed by atoms with Crippen LogP contribution in [0.15, 0.2) is 54.7 Å². The molecule has 2 N–H and O–H groups in total. The number of fused-ring (bicyclic) bond motifs is 1. The highest BCUT2D eigenvalue weighted by atomic mass is 35.5. The highest BCUT2D eigenvalue weighted by Gasteiger charge is 2.12. The van der Waals surface area contributed by atoms with E-state index in [1.807, 2.05) is 43.4 Å². The van der Waals surface area contributed by atoms with E-state index >= 15 is 0 Å². The quantitative estimate of drug-likeness (QED) is 0.527. The maximum atomic E-state index is 6.24. The maximum absolute atomic E-state index is 6.24. The van der Waals surface area contributed by atoms with Crippen molar-refractivity contribution in [3.63, 3.8) is 0 Å². The minimum absolute atomic E-state index is 0.515. The van der Waals surface area contributed by atoms with E-state index in [1.54, 1.807) is 10.9 Å². The Kier molecular flexibility index (Phi) is 4.64. The van der Waals surface area contributed by atoms with E-state index in [4.69, 9.17) is 11.6 Å². The summed E-state index contributed by atoms with van der Waals surface area (Å²) in [5.74, 6) is 1.22. The lowest BCUT2D eigenvalue weighted by Crippen LogP contribution is -2.07. The topological polar surface area (TPSA) is 67.7 Å². The third kappa shape index (κ3) is 3.71. The predicted molar refractivity (Wildman–Crippen MR) is 110 cm³/mol. The average molecular weight is 379 g/mol. The zero-order chi connectivity index (χ0) is 18.8. The van der Waals surface area contributed by atoms with Crippen molar-refractivity contribution in [2.24, 2.45) is 7.05 Å². The van der Waals surface area contributed by atoms with Gasteiger partial charge in [0.15, 0.2) is 5.65 Å². The Labute approximate surface area is 162 Å². The molecule has 0 spiro atoms. The molecule has 0 aliphatic rings. The van der Waals surface area contributed by atoms with Crippen LogP contribution in [0, 0.1) is 6.92 Å². The Bertz CT molecular complexity index is 1100. The summed E-state index contributed by atoms with van der Waals surface area (Å²) < 4.78 is 1.74. The second-order valence-electron chi connectivity index (χ2n) is 6.34. The molecule has 0 aliphatic carbocycles. The Morgan fingerprint density at radius 2 is 1.93 bits per heavy atom. The molecule has 0 aliphatic heterocycles. The number of halogens is 1. The second kappa shape index (κ2) is 7.25. The Hall–Kier alpha value is -3.12. The minimum atomic E-state index is 0.515. The summed E-state index contributed by atoms with van der Waals surface area (Å²) in [6.45, 7) is 2.59. The third-order valence-corrected chi connectivity index (χ3v) is 4.64. The number of aromatic nitrogens is 4. The van der Waals surface area contributed by atoms with Crippen LogP contribution in [0.1, 0.15) is 11.1 Å². The van der Waals surface area contributed by atoms with Gasteiger partial charge in [-0.05, 0) is 36.2 Å².